The minimum Gasteiger partial charge on any atom is -0.342 e. The van der Waals surface area contributed by atoms with E-state index in [1.54, 1.807) is 16.8 Å². The number of hydrogen-bond donors (Lipinski definition) is 1. The van der Waals surface area contributed by atoms with Crippen LogP contribution in [0.2, 0.25) is 0 Å². The highest BCUT2D eigenvalue weighted by molar-refractivity contribution is 5.85. The van der Waals surface area contributed by atoms with Crippen LogP contribution in [0.25, 0.3) is 0 Å². The Morgan fingerprint density at radius 2 is 1.81 bits per heavy atom. The van der Waals surface area contributed by atoms with Gasteiger partial charge in [0.15, 0.2) is 0 Å². The molecule has 16 heavy (non-hydrogen) atoms. The summed E-state index contributed by atoms with van der Waals surface area (Å²) >= 11 is 0. The summed E-state index contributed by atoms with van der Waals surface area (Å²) in [6.45, 7) is 4.65. The largest absolute Gasteiger partial charge is 0.342 e. The van der Waals surface area contributed by atoms with Crippen LogP contribution in [0, 0.1) is 0 Å². The molecule has 90 valence electrons. The maximum absolute atomic E-state index is 12.1. The molecule has 0 spiro atoms. The molecule has 2 heterocycles. The van der Waals surface area contributed by atoms with Crippen molar-refractivity contribution in [2.75, 3.05) is 52.9 Å². The highest BCUT2D eigenvalue weighted by Crippen LogP contribution is 2.06. The van der Waals surface area contributed by atoms with Crippen molar-refractivity contribution in [3.63, 3.8) is 0 Å². The van der Waals surface area contributed by atoms with Crippen molar-refractivity contribution in [1.29, 1.82) is 0 Å². The van der Waals surface area contributed by atoms with E-state index in [1.807, 2.05) is 4.90 Å². The lowest BCUT2D eigenvalue weighted by Crippen LogP contribution is -2.57. The van der Waals surface area contributed by atoms with Crippen molar-refractivity contribution in [3.05, 3.63) is 0 Å². The first-order valence-corrected chi connectivity index (χ1v) is 5.67. The van der Waals surface area contributed by atoms with E-state index in [-0.39, 0.29) is 18.5 Å². The first-order chi connectivity index (χ1) is 7.68. The average Bonchev–Trinajstić information content (AvgIpc) is 2.33. The molecule has 1 N–H and O–H groups in total. The molecule has 2 saturated heterocycles. The Morgan fingerprint density at radius 3 is 2.44 bits per heavy atom. The van der Waals surface area contributed by atoms with E-state index in [9.17, 15) is 9.59 Å². The van der Waals surface area contributed by atoms with Crippen molar-refractivity contribution >= 4 is 11.9 Å². The highest BCUT2D eigenvalue weighted by Gasteiger charge is 2.28. The molecule has 2 aliphatic heterocycles. The number of likely N-dealkylation sites (N-methyl/N-ethyl adjacent to an activating group) is 1. The summed E-state index contributed by atoms with van der Waals surface area (Å²) in [7, 11) is 1.77. The van der Waals surface area contributed by atoms with Gasteiger partial charge in [-0.3, -0.25) is 4.79 Å². The van der Waals surface area contributed by atoms with E-state index in [4.69, 9.17) is 0 Å². The fourth-order valence-corrected chi connectivity index (χ4v) is 1.98. The maximum atomic E-state index is 12.1. The van der Waals surface area contributed by atoms with E-state index >= 15 is 0 Å². The predicted octanol–water partition coefficient (Wildman–Crippen LogP) is -1.21. The first-order valence-electron chi connectivity index (χ1n) is 5.67. The molecule has 0 saturated carbocycles. The Bertz CT molecular complexity index is 289. The highest BCUT2D eigenvalue weighted by atomic mass is 16.2. The number of rotatable bonds is 0. The number of piperazine rings is 2. The molecule has 0 aromatic heterocycles. The van der Waals surface area contributed by atoms with Gasteiger partial charge < -0.3 is 20.0 Å². The van der Waals surface area contributed by atoms with Crippen molar-refractivity contribution in [2.45, 2.75) is 0 Å². The molecule has 2 rings (SSSR count). The molecule has 0 bridgehead atoms. The van der Waals surface area contributed by atoms with E-state index in [0.29, 0.717) is 13.1 Å². The smallest absolute Gasteiger partial charge is 0.320 e. The van der Waals surface area contributed by atoms with E-state index < -0.39 is 0 Å². The van der Waals surface area contributed by atoms with Gasteiger partial charge in [0.2, 0.25) is 5.91 Å². The third-order valence-electron chi connectivity index (χ3n) is 3.12. The number of nitrogens with one attached hydrogen (secondary N) is 1. The van der Waals surface area contributed by atoms with Crippen LogP contribution >= 0.6 is 0 Å². The molecule has 0 aromatic carbocycles. The molecule has 3 amide bonds. The SMILES string of the molecule is CN1CCN(C(=O)N2CCNCC2)CC1=O. The molecule has 6 heteroatoms. The fraction of sp³-hybridized carbons (Fsp3) is 0.800. The zero-order valence-electron chi connectivity index (χ0n) is 9.61. The summed E-state index contributed by atoms with van der Waals surface area (Å²) in [5, 5.41) is 3.20. The third-order valence-corrected chi connectivity index (χ3v) is 3.12. The van der Waals surface area contributed by atoms with Gasteiger partial charge in [-0.2, -0.15) is 0 Å². The molecule has 0 aromatic rings. The molecule has 0 radical (unpaired) electrons. The molecule has 2 aliphatic rings. The van der Waals surface area contributed by atoms with Crippen LogP contribution in [0.5, 0.6) is 0 Å². The van der Waals surface area contributed by atoms with E-state index in [2.05, 4.69) is 5.32 Å². The lowest BCUT2D eigenvalue weighted by atomic mass is 10.3. The van der Waals surface area contributed by atoms with Crippen LogP contribution in [-0.2, 0) is 4.79 Å². The molecule has 0 aliphatic carbocycles. The van der Waals surface area contributed by atoms with E-state index in [0.717, 1.165) is 26.2 Å². The quantitative estimate of drug-likeness (QED) is 0.563. The van der Waals surface area contributed by atoms with Crippen LogP contribution in [0.1, 0.15) is 0 Å². The number of amides is 3. The van der Waals surface area contributed by atoms with E-state index in [1.165, 1.54) is 0 Å². The summed E-state index contributed by atoms with van der Waals surface area (Å²) in [5.74, 6) is 0.0229. The van der Waals surface area contributed by atoms with Gasteiger partial charge in [-0.05, 0) is 0 Å². The topological polar surface area (TPSA) is 55.9 Å². The summed E-state index contributed by atoms with van der Waals surface area (Å²) in [4.78, 5) is 28.7. The van der Waals surface area contributed by atoms with Gasteiger partial charge in [-0.25, -0.2) is 4.79 Å². The van der Waals surface area contributed by atoms with Crippen LogP contribution in [-0.4, -0.2) is 79.5 Å². The molecule has 2 fully saturated rings. The Hall–Kier alpha value is -1.30. The summed E-state index contributed by atoms with van der Waals surface area (Å²) in [6, 6.07) is 0.00273. The second-order valence-corrected chi connectivity index (χ2v) is 4.26. The van der Waals surface area contributed by atoms with Gasteiger partial charge in [0.25, 0.3) is 0 Å². The second-order valence-electron chi connectivity index (χ2n) is 4.26. The average molecular weight is 226 g/mol. The van der Waals surface area contributed by atoms with Gasteiger partial charge in [0.05, 0.1) is 0 Å². The minimum absolute atomic E-state index is 0.00273. The molecular weight excluding hydrogens is 208 g/mol. The van der Waals surface area contributed by atoms with Gasteiger partial charge in [0.1, 0.15) is 6.54 Å². The molecular formula is C10H18N4O2. The van der Waals surface area contributed by atoms with Gasteiger partial charge in [0, 0.05) is 46.3 Å². The van der Waals surface area contributed by atoms with Crippen LogP contribution in [0.15, 0.2) is 0 Å². The third kappa shape index (κ3) is 2.27. The Kier molecular flexibility index (Phi) is 3.28. The number of carbonyl (C=O) groups excluding carboxylic acids is 2. The zero-order chi connectivity index (χ0) is 11.5. The fourth-order valence-electron chi connectivity index (χ4n) is 1.98. The number of urea groups is 1. The number of carbonyl (C=O) groups is 2. The van der Waals surface area contributed by atoms with Crippen molar-refractivity contribution in [3.8, 4) is 0 Å². The van der Waals surface area contributed by atoms with Gasteiger partial charge in [-0.15, -0.1) is 0 Å². The Morgan fingerprint density at radius 1 is 1.12 bits per heavy atom. The molecule has 0 atom stereocenters. The minimum atomic E-state index is 0.00273. The predicted molar refractivity (Wildman–Crippen MR) is 59.0 cm³/mol. The molecule has 6 nitrogen and oxygen atoms in total. The summed E-state index contributed by atoms with van der Waals surface area (Å²) < 4.78 is 0. The van der Waals surface area contributed by atoms with Crippen molar-refractivity contribution < 1.29 is 9.59 Å². The van der Waals surface area contributed by atoms with Gasteiger partial charge >= 0.3 is 6.03 Å². The maximum Gasteiger partial charge on any atom is 0.320 e. The van der Waals surface area contributed by atoms with Crippen molar-refractivity contribution in [2.24, 2.45) is 0 Å². The lowest BCUT2D eigenvalue weighted by Gasteiger charge is -2.37. The molecule has 0 unspecified atom stereocenters. The normalized spacial score (nSPS) is 22.6. The second kappa shape index (κ2) is 4.69. The Balaban J connectivity index is 1.91. The summed E-state index contributed by atoms with van der Waals surface area (Å²) in [5.41, 5.74) is 0. The standard InChI is InChI=1S/C10H18N4O2/c1-12-6-7-14(8-9(12)15)10(16)13-4-2-11-3-5-13/h11H,2-8H2,1H3. The Labute approximate surface area is 95.2 Å². The van der Waals surface area contributed by atoms with Crippen LogP contribution < -0.4 is 5.32 Å². The lowest BCUT2D eigenvalue weighted by molar-refractivity contribution is -0.133. The van der Waals surface area contributed by atoms with Crippen molar-refractivity contribution in [1.82, 2.24) is 20.0 Å². The number of nitrogens with zero attached hydrogens (tertiary/aromatic N) is 3. The van der Waals surface area contributed by atoms with Gasteiger partial charge in [-0.1, -0.05) is 0 Å². The number of hydrogen-bond acceptors (Lipinski definition) is 3. The van der Waals surface area contributed by atoms with Crippen LogP contribution in [0.4, 0.5) is 4.79 Å². The zero-order valence-corrected chi connectivity index (χ0v) is 9.61. The monoisotopic (exact) mass is 226 g/mol. The van der Waals surface area contributed by atoms with Crippen LogP contribution in [0.3, 0.4) is 0 Å². The first kappa shape index (κ1) is 11.2. The summed E-state index contributed by atoms with van der Waals surface area (Å²) in [6.07, 6.45) is 0.